The predicted octanol–water partition coefficient (Wildman–Crippen LogP) is 5.85. The molecule has 0 heterocycles. The van der Waals surface area contributed by atoms with Crippen molar-refractivity contribution in [3.8, 4) is 11.5 Å². The van der Waals surface area contributed by atoms with Crippen molar-refractivity contribution in [3.05, 3.63) is 70.1 Å². The van der Waals surface area contributed by atoms with Crippen LogP contribution in [0.5, 0.6) is 11.5 Å². The van der Waals surface area contributed by atoms with Crippen molar-refractivity contribution < 1.29 is 37.3 Å². The van der Waals surface area contributed by atoms with E-state index in [1.54, 1.807) is 19.9 Å². The molecule has 2 aromatic carbocycles. The van der Waals surface area contributed by atoms with E-state index in [4.69, 9.17) is 0 Å². The zero-order chi connectivity index (χ0) is 22.4. The monoisotopic (exact) mass is 424 g/mol. The molecule has 2 N–H and O–H groups in total. The minimum atomic E-state index is -3.43. The molecule has 2 aromatic rings. The summed E-state index contributed by atoms with van der Waals surface area (Å²) in [4.78, 5) is 11.7. The second-order valence-corrected chi connectivity index (χ2v) is 6.65. The highest BCUT2D eigenvalue weighted by Crippen LogP contribution is 2.37. The molecule has 0 radical (unpaired) electrons. The molecule has 0 bridgehead atoms. The molecule has 30 heavy (non-hydrogen) atoms. The highest BCUT2D eigenvalue weighted by Gasteiger charge is 2.26. The third-order valence-electron chi connectivity index (χ3n) is 4.09. The van der Waals surface area contributed by atoms with Crippen LogP contribution in [0.25, 0.3) is 12.2 Å². The van der Waals surface area contributed by atoms with E-state index in [9.17, 15) is 32.6 Å². The number of halogens is 4. The molecule has 8 heteroatoms. The van der Waals surface area contributed by atoms with Crippen LogP contribution in [0.1, 0.15) is 40.9 Å². The summed E-state index contributed by atoms with van der Waals surface area (Å²) in [5, 5.41) is 20.1. The number of aromatic carboxylic acids is 1. The van der Waals surface area contributed by atoms with Gasteiger partial charge in [-0.15, -0.1) is 0 Å². The third-order valence-corrected chi connectivity index (χ3v) is 4.09. The Morgan fingerprint density at radius 1 is 1.13 bits per heavy atom. The summed E-state index contributed by atoms with van der Waals surface area (Å²) < 4.78 is 56.6. The van der Waals surface area contributed by atoms with Crippen molar-refractivity contribution in [2.24, 2.45) is 0 Å². The largest absolute Gasteiger partial charge is 0.507 e. The van der Waals surface area contributed by atoms with Gasteiger partial charge in [0.25, 0.3) is 6.36 Å². The Kier molecular flexibility index (Phi) is 7.63. The maximum absolute atomic E-state index is 13.6. The van der Waals surface area contributed by atoms with E-state index in [0.29, 0.717) is 5.56 Å². The number of aromatic hydroxyl groups is 1. The van der Waals surface area contributed by atoms with Gasteiger partial charge in [-0.25, -0.2) is 18.0 Å². The Morgan fingerprint density at radius 3 is 2.30 bits per heavy atom. The van der Waals surface area contributed by atoms with Crippen LogP contribution in [-0.2, 0) is 6.42 Å². The molecule has 0 aromatic heterocycles. The van der Waals surface area contributed by atoms with Gasteiger partial charge in [-0.1, -0.05) is 35.9 Å². The summed E-state index contributed by atoms with van der Waals surface area (Å²) in [6.07, 6.45) is -2.12. The Hall–Kier alpha value is -3.29. The first-order valence-corrected chi connectivity index (χ1v) is 8.88. The van der Waals surface area contributed by atoms with Crippen LogP contribution >= 0.6 is 0 Å². The maximum atomic E-state index is 13.6. The summed E-state index contributed by atoms with van der Waals surface area (Å²) in [7, 11) is 0. The number of phenols is 1. The molecular formula is C22H20F4O4. The van der Waals surface area contributed by atoms with Crippen LogP contribution in [-0.4, -0.2) is 29.0 Å². The smallest absolute Gasteiger partial charge is 0.340 e. The van der Waals surface area contributed by atoms with E-state index in [2.05, 4.69) is 4.74 Å². The Balaban J connectivity index is 2.61. The van der Waals surface area contributed by atoms with Crippen molar-refractivity contribution in [1.82, 2.24) is 0 Å². The molecule has 1 unspecified atom stereocenters. The number of carbonyl (C=O) groups is 1. The van der Waals surface area contributed by atoms with Crippen LogP contribution < -0.4 is 4.74 Å². The van der Waals surface area contributed by atoms with Gasteiger partial charge in [0.1, 0.15) is 22.9 Å². The molecule has 4 nitrogen and oxygen atoms in total. The summed E-state index contributed by atoms with van der Waals surface area (Å²) in [5.41, 5.74) is 0.602. The van der Waals surface area contributed by atoms with Crippen molar-refractivity contribution >= 4 is 18.1 Å². The third kappa shape index (κ3) is 5.85. The van der Waals surface area contributed by atoms with E-state index in [0.717, 1.165) is 11.6 Å². The fourth-order valence-corrected chi connectivity index (χ4v) is 2.60. The molecular weight excluding hydrogens is 404 g/mol. The first kappa shape index (κ1) is 23.0. The number of hydrogen-bond donors (Lipinski definition) is 2. The summed E-state index contributed by atoms with van der Waals surface area (Å²) >= 11 is 0. The molecule has 0 fully saturated rings. The van der Waals surface area contributed by atoms with Gasteiger partial charge in [-0.3, -0.25) is 0 Å². The molecule has 160 valence electrons. The van der Waals surface area contributed by atoms with E-state index in [1.807, 2.05) is 0 Å². The fourth-order valence-electron chi connectivity index (χ4n) is 2.60. The van der Waals surface area contributed by atoms with Gasteiger partial charge in [0.2, 0.25) is 0 Å². The van der Waals surface area contributed by atoms with Crippen molar-refractivity contribution in [2.45, 2.75) is 33.1 Å². The Morgan fingerprint density at radius 2 is 1.77 bits per heavy atom. The average molecular weight is 424 g/mol. The molecule has 0 aliphatic rings. The number of allylic oxidation sites excluding steroid dienone is 2. The predicted molar refractivity (Wildman–Crippen MR) is 105 cm³/mol. The van der Waals surface area contributed by atoms with Crippen LogP contribution in [0.3, 0.4) is 0 Å². The highest BCUT2D eigenvalue weighted by molar-refractivity contribution is 5.97. The molecule has 2 rings (SSSR count). The molecule has 0 saturated carbocycles. The average Bonchev–Trinajstić information content (AvgIpc) is 2.66. The topological polar surface area (TPSA) is 66.8 Å². The standard InChI is InChI=1S/C22H20F4O4/c1-12(2)3-10-16-17(30-21(26)20(24)25)11-14(18(19(16)27)22(28)29)7-4-13-5-8-15(23)9-6-13/h3-9,11,20-21,27H,10H2,1-2H3,(H,28,29). The Labute approximate surface area is 170 Å². The minimum absolute atomic E-state index is 0.0539. The van der Waals surface area contributed by atoms with Crippen molar-refractivity contribution in [2.75, 3.05) is 0 Å². The first-order chi connectivity index (χ1) is 14.1. The minimum Gasteiger partial charge on any atom is -0.507 e. The van der Waals surface area contributed by atoms with Gasteiger partial charge in [-0.2, -0.15) is 4.39 Å². The lowest BCUT2D eigenvalue weighted by molar-refractivity contribution is -0.0673. The SMILES string of the molecule is CC(C)=CCc1c(OC(F)C(F)F)cc(C=Cc2ccc(F)cc2)c(C(=O)O)c1O. The van der Waals surface area contributed by atoms with E-state index < -0.39 is 41.6 Å². The zero-order valence-electron chi connectivity index (χ0n) is 16.2. The summed E-state index contributed by atoms with van der Waals surface area (Å²) in [6.45, 7) is 3.49. The lowest BCUT2D eigenvalue weighted by Gasteiger charge is -2.18. The van der Waals surface area contributed by atoms with E-state index >= 15 is 0 Å². The quantitative estimate of drug-likeness (QED) is 0.317. The normalized spacial score (nSPS) is 12.2. The number of hydrogen-bond acceptors (Lipinski definition) is 3. The second-order valence-electron chi connectivity index (χ2n) is 6.65. The van der Waals surface area contributed by atoms with Gasteiger partial charge in [0.15, 0.2) is 0 Å². The first-order valence-electron chi connectivity index (χ1n) is 8.88. The van der Waals surface area contributed by atoms with E-state index in [1.165, 1.54) is 36.4 Å². The highest BCUT2D eigenvalue weighted by atomic mass is 19.3. The second kappa shape index (κ2) is 9.96. The van der Waals surface area contributed by atoms with Gasteiger partial charge < -0.3 is 14.9 Å². The van der Waals surface area contributed by atoms with Gasteiger partial charge in [-0.05, 0) is 49.6 Å². The van der Waals surface area contributed by atoms with E-state index in [-0.39, 0.29) is 17.5 Å². The van der Waals surface area contributed by atoms with Crippen LogP contribution in [0, 0.1) is 5.82 Å². The molecule has 1 atom stereocenters. The molecule has 0 saturated heterocycles. The number of rotatable bonds is 8. The summed E-state index contributed by atoms with van der Waals surface area (Å²) in [5.74, 6) is -3.04. The van der Waals surface area contributed by atoms with Crippen LogP contribution in [0.15, 0.2) is 42.0 Å². The zero-order valence-corrected chi connectivity index (χ0v) is 16.2. The molecule has 0 aliphatic carbocycles. The Bertz CT molecular complexity index is 962. The lowest BCUT2D eigenvalue weighted by Crippen LogP contribution is -2.20. The number of ether oxygens (including phenoxy) is 1. The number of alkyl halides is 3. The summed E-state index contributed by atoms with van der Waals surface area (Å²) in [6, 6.07) is 6.33. The van der Waals surface area contributed by atoms with Crippen molar-refractivity contribution in [3.63, 3.8) is 0 Å². The number of carboxylic acid groups (broad SMARTS) is 1. The number of carboxylic acids is 1. The van der Waals surface area contributed by atoms with Crippen LogP contribution in [0.4, 0.5) is 17.6 Å². The maximum Gasteiger partial charge on any atom is 0.340 e. The fraction of sp³-hybridized carbons (Fsp3) is 0.227. The van der Waals surface area contributed by atoms with Gasteiger partial charge in [0, 0.05) is 5.56 Å². The van der Waals surface area contributed by atoms with Crippen molar-refractivity contribution in [1.29, 1.82) is 0 Å². The van der Waals surface area contributed by atoms with Gasteiger partial charge >= 0.3 is 12.4 Å². The lowest BCUT2D eigenvalue weighted by atomic mass is 9.97. The molecule has 0 aliphatic heterocycles. The molecule has 0 amide bonds. The number of benzene rings is 2. The molecule has 0 spiro atoms. The van der Waals surface area contributed by atoms with Crippen LogP contribution in [0.2, 0.25) is 0 Å². The van der Waals surface area contributed by atoms with Gasteiger partial charge in [0.05, 0.1) is 0 Å².